The fraction of sp³-hybridized carbons (Fsp3) is 0.884. The van der Waals surface area contributed by atoms with Crippen LogP contribution < -0.4 is 5.32 Å². The number of allylic oxidation sites excluding steroid dienone is 3. The van der Waals surface area contributed by atoms with Gasteiger partial charge in [0, 0.05) is 0 Å². The van der Waals surface area contributed by atoms with E-state index in [0.29, 0.717) is 12.8 Å². The summed E-state index contributed by atoms with van der Waals surface area (Å²) in [6.45, 7) is 3.07. The van der Waals surface area contributed by atoms with Crippen LogP contribution in [0.25, 0.3) is 0 Å². The van der Waals surface area contributed by atoms with Crippen LogP contribution in [0, 0.1) is 0 Å². The van der Waals surface area contributed by atoms with E-state index in [9.17, 15) is 38.7 Å². The third-order valence-electron chi connectivity index (χ3n) is 10.6. The monoisotopic (exact) mass is 836 g/mol. The maximum absolute atomic E-state index is 13.0. The number of carbonyl (C=O) groups excluding carboxylic acids is 1. The van der Waals surface area contributed by atoms with Gasteiger partial charge in [-0.3, -0.25) is 9.35 Å². The molecule has 1 aliphatic rings. The molecule has 7 N–H and O–H groups in total. The van der Waals surface area contributed by atoms with Crippen LogP contribution in [0.5, 0.6) is 0 Å². The summed E-state index contributed by atoms with van der Waals surface area (Å²) < 4.78 is 47.2. The first kappa shape index (κ1) is 53.6. The second-order valence-electron chi connectivity index (χ2n) is 15.8. The number of unbranched alkanes of at least 4 members (excludes halogenated alkanes) is 22. The highest BCUT2D eigenvalue weighted by atomic mass is 32.3. The average Bonchev–Trinajstić information content (AvgIpc) is 3.18. The molecule has 1 fully saturated rings. The minimum atomic E-state index is -5.11. The van der Waals surface area contributed by atoms with Gasteiger partial charge >= 0.3 is 10.4 Å². The predicted octanol–water partition coefficient (Wildman–Crippen LogP) is 7.13. The first-order valence-electron chi connectivity index (χ1n) is 22.3. The van der Waals surface area contributed by atoms with Crippen LogP contribution in [-0.4, -0.2) is 107 Å². The zero-order chi connectivity index (χ0) is 42.2. The molecule has 1 amide bonds. The molecule has 13 nitrogen and oxygen atoms in total. The van der Waals surface area contributed by atoms with Crippen molar-refractivity contribution in [2.75, 3.05) is 13.2 Å². The minimum absolute atomic E-state index is 0.240. The topological polar surface area (TPSA) is 212 Å². The number of nitrogens with one attached hydrogen (secondary N) is 1. The highest BCUT2D eigenvalue weighted by Gasteiger charge is 2.48. The van der Waals surface area contributed by atoms with Crippen LogP contribution in [0.2, 0.25) is 0 Å². The summed E-state index contributed by atoms with van der Waals surface area (Å²) in [6, 6.07) is -1.13. The fourth-order valence-electron chi connectivity index (χ4n) is 7.01. The van der Waals surface area contributed by atoms with E-state index in [0.717, 1.165) is 38.5 Å². The van der Waals surface area contributed by atoms with Crippen molar-refractivity contribution in [3.63, 3.8) is 0 Å². The van der Waals surface area contributed by atoms with Crippen LogP contribution in [-0.2, 0) is 28.9 Å². The standard InChI is InChI=1S/C43H81NO12S/c1-3-5-7-9-11-12-13-14-15-16-17-18-19-20-21-22-23-24-26-28-30-32-37(47)42(50)44-35(36(46)31-29-27-25-10-8-6-4-2)34-54-43-40(49)41(56-57(51,52)53)39(48)38(33-45)55-43/h8,10,29,31,35-41,43,45-49H,3-7,9,11-28,30,32-34H2,1-2H3,(H,44,50)(H,51,52,53)/b10-8+,31-29+. The lowest BCUT2D eigenvalue weighted by Crippen LogP contribution is -2.61. The van der Waals surface area contributed by atoms with Crippen LogP contribution in [0.15, 0.2) is 24.3 Å². The molecule has 1 rings (SSSR count). The molecule has 0 bridgehead atoms. The van der Waals surface area contributed by atoms with Crippen molar-refractivity contribution in [3.8, 4) is 0 Å². The molecule has 14 heteroatoms. The van der Waals surface area contributed by atoms with Crippen molar-refractivity contribution in [1.29, 1.82) is 0 Å². The first-order chi connectivity index (χ1) is 27.4. The van der Waals surface area contributed by atoms with E-state index in [1.165, 1.54) is 115 Å². The van der Waals surface area contributed by atoms with Gasteiger partial charge in [0.1, 0.15) is 30.5 Å². The van der Waals surface area contributed by atoms with Gasteiger partial charge in [0.2, 0.25) is 5.91 Å². The second kappa shape index (κ2) is 34.3. The zero-order valence-corrected chi connectivity index (χ0v) is 36.1. The smallest absolute Gasteiger partial charge is 0.394 e. The number of aliphatic hydroxyl groups is 5. The summed E-state index contributed by atoms with van der Waals surface area (Å²) in [5.41, 5.74) is 0. The lowest BCUT2D eigenvalue weighted by atomic mass is 9.99. The average molecular weight is 836 g/mol. The highest BCUT2D eigenvalue weighted by molar-refractivity contribution is 7.80. The Morgan fingerprint density at radius 3 is 1.65 bits per heavy atom. The fourth-order valence-corrected chi connectivity index (χ4v) is 7.52. The molecule has 0 aliphatic carbocycles. The molecule has 0 aromatic rings. The molecule has 1 heterocycles. The zero-order valence-electron chi connectivity index (χ0n) is 35.3. The third kappa shape index (κ3) is 27.1. The number of ether oxygens (including phenoxy) is 2. The van der Waals surface area contributed by atoms with Gasteiger partial charge in [-0.1, -0.05) is 179 Å². The summed E-state index contributed by atoms with van der Waals surface area (Å²) >= 11 is 0. The molecule has 0 saturated carbocycles. The number of rotatable bonds is 37. The van der Waals surface area contributed by atoms with Crippen molar-refractivity contribution in [2.24, 2.45) is 0 Å². The number of hydrogen-bond acceptors (Lipinski definition) is 11. The number of amides is 1. The molecule has 0 aromatic carbocycles. The van der Waals surface area contributed by atoms with Crippen molar-refractivity contribution >= 4 is 16.3 Å². The second-order valence-corrected chi connectivity index (χ2v) is 16.8. The molecule has 0 aromatic heterocycles. The predicted molar refractivity (Wildman–Crippen MR) is 224 cm³/mol. The quantitative estimate of drug-likeness (QED) is 0.0189. The molecule has 336 valence electrons. The highest BCUT2D eigenvalue weighted by Crippen LogP contribution is 2.26. The van der Waals surface area contributed by atoms with E-state index < -0.39 is 78.5 Å². The molecular weight excluding hydrogens is 755 g/mol. The number of hydrogen-bond donors (Lipinski definition) is 7. The van der Waals surface area contributed by atoms with Crippen molar-refractivity contribution in [3.05, 3.63) is 24.3 Å². The summed E-state index contributed by atoms with van der Waals surface area (Å²) in [5.74, 6) is -0.715. The van der Waals surface area contributed by atoms with Crippen molar-refractivity contribution in [2.45, 2.75) is 230 Å². The van der Waals surface area contributed by atoms with Crippen LogP contribution in [0.4, 0.5) is 0 Å². The minimum Gasteiger partial charge on any atom is -0.394 e. The summed E-state index contributed by atoms with van der Waals surface area (Å²) in [4.78, 5) is 13.0. The van der Waals surface area contributed by atoms with Crippen LogP contribution in [0.1, 0.15) is 181 Å². The summed E-state index contributed by atoms with van der Waals surface area (Å²) in [7, 11) is -5.11. The Morgan fingerprint density at radius 1 is 0.702 bits per heavy atom. The summed E-state index contributed by atoms with van der Waals surface area (Å²) in [6.07, 6.45) is 26.1. The maximum Gasteiger partial charge on any atom is 0.397 e. The Bertz CT molecular complexity index is 1140. The number of carbonyl (C=O) groups is 1. The van der Waals surface area contributed by atoms with Gasteiger partial charge in [-0.15, -0.1) is 0 Å². The molecule has 8 atom stereocenters. The van der Waals surface area contributed by atoms with Gasteiger partial charge in [-0.25, -0.2) is 4.18 Å². The summed E-state index contributed by atoms with van der Waals surface area (Å²) in [5, 5.41) is 54.8. The van der Waals surface area contributed by atoms with Gasteiger partial charge in [0.15, 0.2) is 6.29 Å². The van der Waals surface area contributed by atoms with Gasteiger partial charge in [0.25, 0.3) is 0 Å². The molecular formula is C43H81NO12S. The van der Waals surface area contributed by atoms with Gasteiger partial charge in [-0.05, 0) is 25.7 Å². The molecule has 1 aliphatic heterocycles. The first-order valence-corrected chi connectivity index (χ1v) is 23.7. The largest absolute Gasteiger partial charge is 0.397 e. The van der Waals surface area contributed by atoms with Crippen molar-refractivity contribution < 1.29 is 57.0 Å². The molecule has 57 heavy (non-hydrogen) atoms. The SMILES string of the molecule is CCC/C=C/CC/C=C/C(O)C(COC1OC(CO)C(O)C(OS(=O)(=O)O)C1O)NC(=O)C(O)CCCCCCCCCCCCCCCCCCCCCCC. The van der Waals surface area contributed by atoms with E-state index in [4.69, 9.17) is 14.0 Å². The maximum atomic E-state index is 13.0. The lowest BCUT2D eigenvalue weighted by Gasteiger charge is -2.41. The Labute approximate surface area is 345 Å². The Morgan fingerprint density at radius 2 is 1.18 bits per heavy atom. The van der Waals surface area contributed by atoms with E-state index in [1.807, 2.05) is 6.08 Å². The molecule has 0 spiro atoms. The van der Waals surface area contributed by atoms with Crippen LogP contribution >= 0.6 is 0 Å². The molecule has 1 saturated heterocycles. The van der Waals surface area contributed by atoms with E-state index >= 15 is 0 Å². The van der Waals surface area contributed by atoms with Gasteiger partial charge in [-0.2, -0.15) is 8.42 Å². The molecule has 0 radical (unpaired) electrons. The Kier molecular flexibility index (Phi) is 32.2. The Hall–Kier alpha value is -1.46. The molecule has 8 unspecified atom stereocenters. The lowest BCUT2D eigenvalue weighted by molar-refractivity contribution is -0.298. The number of aliphatic hydroxyl groups excluding tert-OH is 5. The van der Waals surface area contributed by atoms with E-state index in [2.05, 4.69) is 29.4 Å². The normalized spacial score (nSPS) is 22.0. The van der Waals surface area contributed by atoms with Gasteiger partial charge in [0.05, 0.1) is 25.4 Å². The van der Waals surface area contributed by atoms with Gasteiger partial charge < -0.3 is 40.3 Å². The third-order valence-corrected chi connectivity index (χ3v) is 11.0. The van der Waals surface area contributed by atoms with E-state index in [-0.39, 0.29) is 6.42 Å². The van der Waals surface area contributed by atoms with Crippen molar-refractivity contribution in [1.82, 2.24) is 5.32 Å². The van der Waals surface area contributed by atoms with Crippen LogP contribution in [0.3, 0.4) is 0 Å². The van der Waals surface area contributed by atoms with E-state index in [1.54, 1.807) is 6.08 Å². The Balaban J connectivity index is 2.43.